The van der Waals surface area contributed by atoms with Crippen molar-refractivity contribution in [3.8, 4) is 0 Å². The molecule has 0 N–H and O–H groups in total. The molecule has 2 saturated heterocycles. The second kappa shape index (κ2) is 3.66. The van der Waals surface area contributed by atoms with Gasteiger partial charge in [-0.05, 0) is 31.1 Å². The van der Waals surface area contributed by atoms with Gasteiger partial charge in [0.25, 0.3) is 0 Å². The summed E-state index contributed by atoms with van der Waals surface area (Å²) >= 11 is 0. The van der Waals surface area contributed by atoms with Gasteiger partial charge < -0.3 is 9.64 Å². The van der Waals surface area contributed by atoms with Crippen LogP contribution in [0.2, 0.25) is 0 Å². The molecule has 1 spiro atoms. The summed E-state index contributed by atoms with van der Waals surface area (Å²) < 4.78 is 5.37. The molecule has 0 atom stereocenters. The van der Waals surface area contributed by atoms with E-state index in [9.17, 15) is 4.79 Å². The molecule has 0 radical (unpaired) electrons. The number of piperidine rings is 1. The zero-order valence-corrected chi connectivity index (χ0v) is 8.00. The largest absolute Gasteiger partial charge is 0.381 e. The van der Waals surface area contributed by atoms with E-state index in [1.165, 1.54) is 25.7 Å². The smallest absolute Gasteiger partial charge is 0.209 e. The topological polar surface area (TPSA) is 29.5 Å². The molecule has 1 amide bonds. The van der Waals surface area contributed by atoms with Crippen LogP contribution in [-0.2, 0) is 9.53 Å². The van der Waals surface area contributed by atoms with Gasteiger partial charge in [-0.3, -0.25) is 4.79 Å². The lowest BCUT2D eigenvalue weighted by Gasteiger charge is -2.43. The molecule has 2 heterocycles. The second-order valence-electron chi connectivity index (χ2n) is 4.25. The minimum absolute atomic E-state index is 0.512. The third kappa shape index (κ3) is 1.85. The van der Waals surface area contributed by atoms with Gasteiger partial charge in [0.15, 0.2) is 0 Å². The van der Waals surface area contributed by atoms with Gasteiger partial charge in [0.05, 0.1) is 0 Å². The number of hydrogen-bond donors (Lipinski definition) is 0. The van der Waals surface area contributed by atoms with E-state index in [1.54, 1.807) is 0 Å². The number of hydrogen-bond acceptors (Lipinski definition) is 2. The summed E-state index contributed by atoms with van der Waals surface area (Å²) in [6.45, 7) is 3.73. The predicted molar refractivity (Wildman–Crippen MR) is 49.4 cm³/mol. The highest BCUT2D eigenvalue weighted by Crippen LogP contribution is 2.40. The zero-order valence-electron chi connectivity index (χ0n) is 8.00. The fourth-order valence-corrected chi connectivity index (χ4v) is 2.41. The van der Waals surface area contributed by atoms with Crippen LogP contribution >= 0.6 is 0 Å². The lowest BCUT2D eigenvalue weighted by molar-refractivity contribution is -0.121. The minimum atomic E-state index is 0.512. The highest BCUT2D eigenvalue weighted by molar-refractivity contribution is 5.47. The van der Waals surface area contributed by atoms with E-state index in [4.69, 9.17) is 4.74 Å². The number of carbonyl (C=O) groups excluding carboxylic acids is 1. The Kier molecular flexibility index (Phi) is 2.54. The van der Waals surface area contributed by atoms with Crippen molar-refractivity contribution in [1.29, 1.82) is 0 Å². The van der Waals surface area contributed by atoms with Crippen molar-refractivity contribution in [2.45, 2.75) is 25.7 Å². The summed E-state index contributed by atoms with van der Waals surface area (Å²) in [7, 11) is 0. The summed E-state index contributed by atoms with van der Waals surface area (Å²) in [4.78, 5) is 12.4. The van der Waals surface area contributed by atoms with Gasteiger partial charge in [-0.15, -0.1) is 0 Å². The molecule has 74 valence electrons. The van der Waals surface area contributed by atoms with Crippen molar-refractivity contribution in [3.63, 3.8) is 0 Å². The van der Waals surface area contributed by atoms with Crippen molar-refractivity contribution < 1.29 is 9.53 Å². The fraction of sp³-hybridized carbons (Fsp3) is 0.900. The first kappa shape index (κ1) is 9.00. The maximum Gasteiger partial charge on any atom is 0.209 e. The van der Waals surface area contributed by atoms with E-state index in [-0.39, 0.29) is 0 Å². The van der Waals surface area contributed by atoms with Crippen LogP contribution in [-0.4, -0.2) is 37.6 Å². The number of amides is 1. The number of nitrogens with zero attached hydrogens (tertiary/aromatic N) is 1. The van der Waals surface area contributed by atoms with Crippen molar-refractivity contribution in [2.75, 3.05) is 26.3 Å². The Morgan fingerprint density at radius 2 is 1.69 bits per heavy atom. The van der Waals surface area contributed by atoms with Crippen LogP contribution in [0.3, 0.4) is 0 Å². The van der Waals surface area contributed by atoms with Gasteiger partial charge in [0.1, 0.15) is 0 Å². The highest BCUT2D eigenvalue weighted by atomic mass is 16.5. The first-order chi connectivity index (χ1) is 6.35. The van der Waals surface area contributed by atoms with Crippen molar-refractivity contribution in [3.05, 3.63) is 0 Å². The van der Waals surface area contributed by atoms with E-state index < -0.39 is 0 Å². The van der Waals surface area contributed by atoms with Gasteiger partial charge in [-0.2, -0.15) is 0 Å². The van der Waals surface area contributed by atoms with Gasteiger partial charge in [-0.1, -0.05) is 0 Å². The summed E-state index contributed by atoms with van der Waals surface area (Å²) in [6.07, 6.45) is 5.72. The lowest BCUT2D eigenvalue weighted by Crippen LogP contribution is -2.42. The predicted octanol–water partition coefficient (Wildman–Crippen LogP) is 1.04. The normalized spacial score (nSPS) is 27.5. The molecule has 0 bridgehead atoms. The van der Waals surface area contributed by atoms with E-state index >= 15 is 0 Å². The molecule has 0 aromatic heterocycles. The third-order valence-corrected chi connectivity index (χ3v) is 3.56. The molecule has 2 aliphatic rings. The summed E-state index contributed by atoms with van der Waals surface area (Å²) in [5, 5.41) is 0. The Morgan fingerprint density at radius 1 is 1.08 bits per heavy atom. The molecule has 13 heavy (non-hydrogen) atoms. The van der Waals surface area contributed by atoms with Crippen molar-refractivity contribution in [2.24, 2.45) is 5.41 Å². The standard InChI is InChI=1S/C10H17NO2/c12-9-11-5-1-10(2-6-11)3-7-13-8-4-10/h9H,1-8H2. The molecule has 0 saturated carbocycles. The van der Waals surface area contributed by atoms with Crippen LogP contribution in [0.4, 0.5) is 0 Å². The molecular formula is C10H17NO2. The first-order valence-corrected chi connectivity index (χ1v) is 5.12. The Morgan fingerprint density at radius 3 is 2.23 bits per heavy atom. The van der Waals surface area contributed by atoms with E-state index in [0.717, 1.165) is 32.7 Å². The van der Waals surface area contributed by atoms with Gasteiger partial charge in [0, 0.05) is 26.3 Å². The molecule has 0 unspecified atom stereocenters. The molecule has 0 aromatic rings. The van der Waals surface area contributed by atoms with E-state index in [2.05, 4.69) is 0 Å². The summed E-state index contributed by atoms with van der Waals surface area (Å²) in [6, 6.07) is 0. The van der Waals surface area contributed by atoms with Gasteiger partial charge in [0.2, 0.25) is 6.41 Å². The maximum absolute atomic E-state index is 10.5. The molecule has 0 aliphatic carbocycles. The number of likely N-dealkylation sites (tertiary alicyclic amines) is 1. The van der Waals surface area contributed by atoms with Crippen LogP contribution < -0.4 is 0 Å². The van der Waals surface area contributed by atoms with Crippen molar-refractivity contribution in [1.82, 2.24) is 4.90 Å². The molecule has 2 rings (SSSR count). The number of ether oxygens (including phenoxy) is 1. The Balaban J connectivity index is 1.91. The lowest BCUT2D eigenvalue weighted by atomic mass is 9.73. The van der Waals surface area contributed by atoms with Gasteiger partial charge in [-0.25, -0.2) is 0 Å². The third-order valence-electron chi connectivity index (χ3n) is 3.56. The van der Waals surface area contributed by atoms with Crippen LogP contribution in [0.5, 0.6) is 0 Å². The van der Waals surface area contributed by atoms with E-state index in [1.807, 2.05) is 4.90 Å². The summed E-state index contributed by atoms with van der Waals surface area (Å²) in [5.74, 6) is 0. The average Bonchev–Trinajstić information content (AvgIpc) is 2.20. The zero-order chi connectivity index (χ0) is 9.15. The van der Waals surface area contributed by atoms with Crippen LogP contribution in [0.1, 0.15) is 25.7 Å². The molecule has 3 nitrogen and oxygen atoms in total. The van der Waals surface area contributed by atoms with Crippen LogP contribution in [0.25, 0.3) is 0 Å². The number of rotatable bonds is 1. The monoisotopic (exact) mass is 183 g/mol. The average molecular weight is 183 g/mol. The minimum Gasteiger partial charge on any atom is -0.381 e. The number of carbonyl (C=O) groups is 1. The first-order valence-electron chi connectivity index (χ1n) is 5.12. The Labute approximate surface area is 79.0 Å². The van der Waals surface area contributed by atoms with Crippen LogP contribution in [0.15, 0.2) is 0 Å². The fourth-order valence-electron chi connectivity index (χ4n) is 2.41. The second-order valence-corrected chi connectivity index (χ2v) is 4.25. The maximum atomic E-state index is 10.5. The Hall–Kier alpha value is -0.570. The highest BCUT2D eigenvalue weighted by Gasteiger charge is 2.35. The summed E-state index contributed by atoms with van der Waals surface area (Å²) in [5.41, 5.74) is 0.512. The molecule has 2 fully saturated rings. The Bertz CT molecular complexity index is 177. The molecular weight excluding hydrogens is 166 g/mol. The van der Waals surface area contributed by atoms with Crippen molar-refractivity contribution >= 4 is 6.41 Å². The SMILES string of the molecule is O=CN1CCC2(CCOCC2)CC1. The molecule has 0 aromatic carbocycles. The van der Waals surface area contributed by atoms with E-state index in [0.29, 0.717) is 5.41 Å². The quantitative estimate of drug-likeness (QED) is 0.568. The molecule has 2 aliphatic heterocycles. The van der Waals surface area contributed by atoms with Crippen LogP contribution in [0, 0.1) is 5.41 Å². The van der Waals surface area contributed by atoms with Gasteiger partial charge >= 0.3 is 0 Å². The molecule has 3 heteroatoms.